The summed E-state index contributed by atoms with van der Waals surface area (Å²) in [5, 5.41) is 23.5. The second-order valence-electron chi connectivity index (χ2n) is 15.6. The van der Waals surface area contributed by atoms with Crippen LogP contribution in [0, 0.1) is 24.0 Å². The number of nitrogens with zero attached hydrogens (tertiary/aromatic N) is 8. The van der Waals surface area contributed by atoms with Crippen LogP contribution in [-0.4, -0.2) is 124 Å². The molecule has 338 valence electrons. The van der Waals surface area contributed by atoms with Crippen molar-refractivity contribution in [2.45, 2.75) is 52.5 Å². The van der Waals surface area contributed by atoms with E-state index in [2.05, 4.69) is 46.0 Å². The molecule has 0 spiro atoms. The first kappa shape index (κ1) is 45.6. The van der Waals surface area contributed by atoms with Crippen LogP contribution in [0.4, 0.5) is 33.3 Å². The van der Waals surface area contributed by atoms with Crippen LogP contribution in [0.15, 0.2) is 53.7 Å². The van der Waals surface area contributed by atoms with E-state index in [-0.39, 0.29) is 39.0 Å². The number of hydrogen-bond acceptors (Lipinski definition) is 17. The van der Waals surface area contributed by atoms with Gasteiger partial charge in [0.05, 0.1) is 55.3 Å². The Kier molecular flexibility index (Phi) is 15.2. The van der Waals surface area contributed by atoms with Crippen LogP contribution in [0.2, 0.25) is 0 Å². The van der Waals surface area contributed by atoms with Crippen molar-refractivity contribution in [3.63, 3.8) is 0 Å². The van der Waals surface area contributed by atoms with Gasteiger partial charge in [0.15, 0.2) is 10.9 Å². The average molecular weight is 897 g/mol. The molecular formula is C43H52N12O8S. The molecular weight excluding hydrogens is 845 g/mol. The molecule has 1 aliphatic heterocycles. The normalized spacial score (nSPS) is 14.5. The molecule has 5 heterocycles. The Hall–Kier alpha value is -6.42. The highest BCUT2D eigenvalue weighted by molar-refractivity contribution is 7.18. The van der Waals surface area contributed by atoms with Crippen LogP contribution in [0.5, 0.6) is 0 Å². The van der Waals surface area contributed by atoms with E-state index in [0.29, 0.717) is 80.0 Å². The summed E-state index contributed by atoms with van der Waals surface area (Å²) >= 11 is 0.795. The number of nitro groups is 1. The van der Waals surface area contributed by atoms with E-state index in [9.17, 15) is 29.3 Å². The zero-order valence-electron chi connectivity index (χ0n) is 36.1. The number of amides is 2. The lowest BCUT2D eigenvalue weighted by atomic mass is 10.0. The van der Waals surface area contributed by atoms with Crippen LogP contribution in [0.1, 0.15) is 70.5 Å². The van der Waals surface area contributed by atoms with E-state index >= 15 is 0 Å². The van der Waals surface area contributed by atoms with Crippen molar-refractivity contribution in [1.82, 2.24) is 34.7 Å². The highest BCUT2D eigenvalue weighted by atomic mass is 32.1. The third kappa shape index (κ3) is 11.4. The number of pyridine rings is 2. The van der Waals surface area contributed by atoms with Crippen molar-refractivity contribution in [2.75, 3.05) is 93.1 Å². The Morgan fingerprint density at radius 2 is 1.67 bits per heavy atom. The van der Waals surface area contributed by atoms with Crippen molar-refractivity contribution < 1.29 is 28.8 Å². The number of aryl methyl sites for hydroxylation is 2. The van der Waals surface area contributed by atoms with Gasteiger partial charge in [-0.1, -0.05) is 12.8 Å². The van der Waals surface area contributed by atoms with Gasteiger partial charge in [-0.3, -0.25) is 44.1 Å². The SMILES string of the molecule is CC(=O)c1c(C)c2cnc(Nc3ccc(N4CCN(CC(=O)NCCOCCOCCNc5ccc(C(=O)Nc6ncc([N+](=O)[O-])s6)c(C)c5)CC4)cn3)nc2n(C2CCCC2)c1=O. The molecule has 64 heavy (non-hydrogen) atoms. The predicted octanol–water partition coefficient (Wildman–Crippen LogP) is 4.87. The number of piperazine rings is 1. The van der Waals surface area contributed by atoms with E-state index in [1.807, 2.05) is 18.2 Å². The summed E-state index contributed by atoms with van der Waals surface area (Å²) in [4.78, 5) is 83.6. The Morgan fingerprint density at radius 1 is 0.922 bits per heavy atom. The monoisotopic (exact) mass is 896 g/mol. The lowest BCUT2D eigenvalue weighted by Crippen LogP contribution is -2.49. The Bertz CT molecular complexity index is 2540. The molecule has 20 nitrogen and oxygen atoms in total. The van der Waals surface area contributed by atoms with Crippen LogP contribution in [-0.2, 0) is 14.3 Å². The minimum absolute atomic E-state index is 0.00629. The van der Waals surface area contributed by atoms with Gasteiger partial charge in [-0.25, -0.2) is 15.0 Å². The van der Waals surface area contributed by atoms with Gasteiger partial charge in [0.25, 0.3) is 11.5 Å². The van der Waals surface area contributed by atoms with E-state index in [4.69, 9.17) is 14.5 Å². The highest BCUT2D eigenvalue weighted by Gasteiger charge is 2.26. The molecule has 0 unspecified atom stereocenters. The summed E-state index contributed by atoms with van der Waals surface area (Å²) in [7, 11) is 0. The van der Waals surface area contributed by atoms with Gasteiger partial charge in [-0.05, 0) is 86.4 Å². The zero-order valence-corrected chi connectivity index (χ0v) is 36.9. The van der Waals surface area contributed by atoms with Gasteiger partial charge < -0.3 is 30.3 Å². The molecule has 1 aliphatic carbocycles. The molecule has 5 aromatic rings. The summed E-state index contributed by atoms with van der Waals surface area (Å²) in [5.74, 6) is 0.165. The molecule has 0 bridgehead atoms. The zero-order chi connectivity index (χ0) is 45.2. The van der Waals surface area contributed by atoms with E-state index in [0.717, 1.165) is 86.3 Å². The molecule has 21 heteroatoms. The Balaban J connectivity index is 0.754. The van der Waals surface area contributed by atoms with Crippen LogP contribution < -0.4 is 31.7 Å². The molecule has 1 saturated heterocycles. The van der Waals surface area contributed by atoms with Crippen molar-refractivity contribution in [3.05, 3.63) is 91.6 Å². The van der Waals surface area contributed by atoms with Crippen molar-refractivity contribution in [2.24, 2.45) is 0 Å². The first-order valence-electron chi connectivity index (χ1n) is 21.3. The number of fused-ring (bicyclic) bond motifs is 1. The number of rotatable bonds is 20. The standard InChI is InChI=1S/C43H52N12O8S/c1-27-22-30(8-10-33(27)40(58)51-43-48-25-37(64-43)55(60)61)44-12-18-62-20-21-63-19-13-45-36(57)26-52-14-16-53(17-15-52)32-9-11-35(46-23-32)49-42-47-24-34-28(2)38(29(3)56)41(59)54(39(34)50-42)31-6-4-5-7-31/h8-11,22-25,31,44H,4-7,12-21,26H2,1-3H3,(H,45,57)(H,48,51,58)(H,46,47,49,50). The molecule has 2 aliphatic rings. The number of ether oxygens (including phenoxy) is 2. The first-order valence-corrected chi connectivity index (χ1v) is 22.1. The second-order valence-corrected chi connectivity index (χ2v) is 16.6. The van der Waals surface area contributed by atoms with E-state index in [1.54, 1.807) is 42.9 Å². The molecule has 0 atom stereocenters. The molecule has 2 amide bonds. The number of ketones is 1. The predicted molar refractivity (Wildman–Crippen MR) is 243 cm³/mol. The Morgan fingerprint density at radius 3 is 2.34 bits per heavy atom. The van der Waals surface area contributed by atoms with Crippen LogP contribution in [0.3, 0.4) is 0 Å². The number of carbonyl (C=O) groups is 3. The first-order chi connectivity index (χ1) is 30.9. The summed E-state index contributed by atoms with van der Waals surface area (Å²) in [5.41, 5.74) is 3.98. The summed E-state index contributed by atoms with van der Waals surface area (Å²) in [6.45, 7) is 10.8. The topological polar surface area (TPSA) is 241 Å². The van der Waals surface area contributed by atoms with Crippen LogP contribution >= 0.6 is 11.3 Å². The third-order valence-corrected chi connectivity index (χ3v) is 12.1. The van der Waals surface area contributed by atoms with Gasteiger partial charge in [0, 0.05) is 68.1 Å². The molecule has 4 N–H and O–H groups in total. The molecule has 7 rings (SSSR count). The quantitative estimate of drug-likeness (QED) is 0.0353. The fourth-order valence-electron chi connectivity index (χ4n) is 7.95. The maximum Gasteiger partial charge on any atom is 0.345 e. The molecule has 0 radical (unpaired) electrons. The second kappa shape index (κ2) is 21.3. The fraction of sp³-hybridized carbons (Fsp3) is 0.442. The average Bonchev–Trinajstić information content (AvgIpc) is 3.98. The van der Waals surface area contributed by atoms with Gasteiger partial charge >= 0.3 is 5.00 Å². The summed E-state index contributed by atoms with van der Waals surface area (Å²) in [6, 6.07) is 9.13. The van der Waals surface area contributed by atoms with Gasteiger partial charge in [-0.2, -0.15) is 4.98 Å². The number of benzene rings is 1. The number of carbonyl (C=O) groups excluding carboxylic acids is 3. The van der Waals surface area contributed by atoms with Crippen molar-refractivity contribution in [1.29, 1.82) is 0 Å². The van der Waals surface area contributed by atoms with Gasteiger partial charge in [0.2, 0.25) is 11.9 Å². The number of anilines is 5. The maximum atomic E-state index is 13.5. The summed E-state index contributed by atoms with van der Waals surface area (Å²) < 4.78 is 13.0. The largest absolute Gasteiger partial charge is 0.383 e. The highest BCUT2D eigenvalue weighted by Crippen LogP contribution is 2.32. The number of Topliss-reactive ketones (excluding diaryl/α,β-unsaturated/α-hetero) is 1. The molecule has 1 aromatic carbocycles. The molecule has 2 fully saturated rings. The van der Waals surface area contributed by atoms with Gasteiger partial charge in [0.1, 0.15) is 17.7 Å². The summed E-state index contributed by atoms with van der Waals surface area (Å²) in [6.07, 6.45) is 8.37. The van der Waals surface area contributed by atoms with Crippen LogP contribution in [0.25, 0.3) is 11.0 Å². The number of nitrogens with one attached hydrogen (secondary N) is 4. The minimum atomic E-state index is -0.553. The number of hydrogen-bond donors (Lipinski definition) is 4. The minimum Gasteiger partial charge on any atom is -0.383 e. The maximum absolute atomic E-state index is 13.5. The third-order valence-electron chi connectivity index (χ3n) is 11.2. The van der Waals surface area contributed by atoms with E-state index in [1.165, 1.54) is 6.92 Å². The smallest absolute Gasteiger partial charge is 0.345 e. The number of thiazole rings is 1. The lowest BCUT2D eigenvalue weighted by molar-refractivity contribution is -0.380. The van der Waals surface area contributed by atoms with Crippen molar-refractivity contribution in [3.8, 4) is 0 Å². The Labute approximate surface area is 372 Å². The number of aromatic nitrogens is 5. The van der Waals surface area contributed by atoms with E-state index < -0.39 is 10.8 Å². The van der Waals surface area contributed by atoms with Gasteiger partial charge in [-0.15, -0.1) is 0 Å². The van der Waals surface area contributed by atoms with Crippen molar-refractivity contribution >= 4 is 73.2 Å². The fourth-order valence-corrected chi connectivity index (χ4v) is 8.57. The lowest BCUT2D eigenvalue weighted by Gasteiger charge is -2.35. The molecule has 4 aromatic heterocycles. The molecule has 1 saturated carbocycles.